The summed E-state index contributed by atoms with van der Waals surface area (Å²) in [7, 11) is 0. The van der Waals surface area contributed by atoms with E-state index in [1.807, 2.05) is 0 Å². The minimum Gasteiger partial charge on any atom is -0.493 e. The van der Waals surface area contributed by atoms with Crippen LogP contribution < -0.4 is 4.74 Å². The lowest BCUT2D eigenvalue weighted by molar-refractivity contribution is 0.169. The predicted octanol–water partition coefficient (Wildman–Crippen LogP) is 6.98. The highest BCUT2D eigenvalue weighted by Crippen LogP contribution is 2.76. The molecule has 0 spiro atoms. The fourth-order valence-electron chi connectivity index (χ4n) is 6.70. The monoisotopic (exact) mass is 388 g/mol. The summed E-state index contributed by atoms with van der Waals surface area (Å²) in [6.45, 7) is 8.44. The topological polar surface area (TPSA) is 9.23 Å². The van der Waals surface area contributed by atoms with Gasteiger partial charge < -0.3 is 4.74 Å². The van der Waals surface area contributed by atoms with Crippen molar-refractivity contribution in [3.8, 4) is 5.75 Å². The van der Waals surface area contributed by atoms with Crippen LogP contribution in [-0.2, 0) is 0 Å². The van der Waals surface area contributed by atoms with Crippen molar-refractivity contribution in [1.82, 2.24) is 0 Å². The zero-order chi connectivity index (χ0) is 19.1. The molecule has 0 N–H and O–H groups in total. The summed E-state index contributed by atoms with van der Waals surface area (Å²) in [5.74, 6) is 2.85. The lowest BCUT2D eigenvalue weighted by Gasteiger charge is -2.46. The maximum absolute atomic E-state index is 6.31. The number of rotatable bonds is 1. The molecule has 0 aromatic heterocycles. The fourth-order valence-corrected chi connectivity index (χ4v) is 8.69. The Morgan fingerprint density at radius 3 is 2.54 bits per heavy atom. The van der Waals surface area contributed by atoms with E-state index in [-0.39, 0.29) is 0 Å². The van der Waals surface area contributed by atoms with Crippen LogP contribution in [0.4, 0.5) is 0 Å². The number of fused-ring (bicyclic) bond motifs is 8. The van der Waals surface area contributed by atoms with Crippen LogP contribution in [0.15, 0.2) is 65.1 Å². The van der Waals surface area contributed by atoms with Crippen LogP contribution in [0.25, 0.3) is 0 Å². The number of hydrogen-bond donors (Lipinski definition) is 0. The Hall–Kier alpha value is -1.67. The molecule has 4 aliphatic rings. The Morgan fingerprint density at radius 1 is 0.964 bits per heavy atom. The molecule has 6 rings (SSSR count). The Labute approximate surface area is 172 Å². The normalized spacial score (nSPS) is 37.1. The van der Waals surface area contributed by atoms with Crippen LogP contribution in [0.3, 0.4) is 0 Å². The molecule has 0 unspecified atom stereocenters. The molecular weight excluding hydrogens is 360 g/mol. The molecule has 1 fully saturated rings. The predicted molar refractivity (Wildman–Crippen MR) is 117 cm³/mol. The first-order chi connectivity index (χ1) is 13.5. The number of thioether (sulfide) groups is 1. The lowest BCUT2D eigenvalue weighted by atomic mass is 9.68. The van der Waals surface area contributed by atoms with Crippen molar-refractivity contribution in [3.05, 3.63) is 76.2 Å². The van der Waals surface area contributed by atoms with Gasteiger partial charge in [-0.3, -0.25) is 0 Å². The van der Waals surface area contributed by atoms with Crippen molar-refractivity contribution < 1.29 is 4.74 Å². The fraction of sp³-hybridized carbons (Fsp3) is 0.462. The molecular formula is C26H28OS. The third-order valence-electron chi connectivity index (χ3n) is 8.58. The molecule has 0 amide bonds. The van der Waals surface area contributed by atoms with E-state index in [0.717, 1.165) is 18.3 Å². The Balaban J connectivity index is 1.58. The zero-order valence-electron chi connectivity index (χ0n) is 16.9. The minimum atomic E-state index is 0.322. The van der Waals surface area contributed by atoms with E-state index in [9.17, 15) is 0 Å². The molecule has 2 aromatic carbocycles. The third-order valence-corrected chi connectivity index (χ3v) is 10.4. The number of hydrogen-bond acceptors (Lipinski definition) is 2. The van der Waals surface area contributed by atoms with Gasteiger partial charge in [0.15, 0.2) is 0 Å². The summed E-state index contributed by atoms with van der Waals surface area (Å²) >= 11 is 2.18. The summed E-state index contributed by atoms with van der Waals surface area (Å²) in [5, 5.41) is 0.477. The summed E-state index contributed by atoms with van der Waals surface area (Å²) < 4.78 is 6.31. The van der Waals surface area contributed by atoms with Crippen molar-refractivity contribution in [2.24, 2.45) is 22.7 Å². The molecule has 2 aromatic rings. The van der Waals surface area contributed by atoms with Gasteiger partial charge in [-0.1, -0.05) is 69.3 Å². The van der Waals surface area contributed by atoms with Crippen molar-refractivity contribution in [2.45, 2.75) is 44.8 Å². The van der Waals surface area contributed by atoms with Gasteiger partial charge in [0.05, 0.1) is 6.61 Å². The van der Waals surface area contributed by atoms with Crippen LogP contribution >= 0.6 is 11.8 Å². The standard InChI is InChI=1S/C26H28OS/c1-25(2)19-13-14-26(25,3)24-22(19)21-17-11-7-8-12-20(17)27-15-18(21)23(28-24)16-9-5-4-6-10-16/h4-12,18-19,21,23H,13-15H2,1-3H3/t18-,19-,21-,23+,26+/m1/s1. The maximum Gasteiger partial charge on any atom is 0.123 e. The maximum atomic E-state index is 6.31. The van der Waals surface area contributed by atoms with Gasteiger partial charge in [0.1, 0.15) is 5.75 Å². The molecule has 0 radical (unpaired) electrons. The van der Waals surface area contributed by atoms with Gasteiger partial charge >= 0.3 is 0 Å². The number of allylic oxidation sites excluding steroid dienone is 2. The summed E-state index contributed by atoms with van der Waals surface area (Å²) in [5.41, 5.74) is 5.34. The second-order valence-electron chi connectivity index (χ2n) is 9.87. The molecule has 28 heavy (non-hydrogen) atoms. The van der Waals surface area contributed by atoms with Crippen LogP contribution in [0, 0.1) is 22.7 Å². The first-order valence-corrected chi connectivity index (χ1v) is 11.6. The zero-order valence-corrected chi connectivity index (χ0v) is 17.8. The van der Waals surface area contributed by atoms with Gasteiger partial charge in [-0.05, 0) is 46.3 Å². The van der Waals surface area contributed by atoms with E-state index in [1.165, 1.54) is 24.0 Å². The summed E-state index contributed by atoms with van der Waals surface area (Å²) in [6.07, 6.45) is 2.69. The van der Waals surface area contributed by atoms with E-state index in [0.29, 0.717) is 27.9 Å². The lowest BCUT2D eigenvalue weighted by Crippen LogP contribution is -2.35. The first-order valence-electron chi connectivity index (χ1n) is 10.7. The van der Waals surface area contributed by atoms with E-state index in [1.54, 1.807) is 10.5 Å². The van der Waals surface area contributed by atoms with E-state index in [4.69, 9.17) is 4.74 Å². The summed E-state index contributed by atoms with van der Waals surface area (Å²) in [4.78, 5) is 1.72. The van der Waals surface area contributed by atoms with Gasteiger partial charge in [0.2, 0.25) is 0 Å². The molecule has 0 saturated heterocycles. The molecule has 5 atom stereocenters. The molecule has 2 aliphatic carbocycles. The number of para-hydroxylation sites is 1. The van der Waals surface area contributed by atoms with Gasteiger partial charge in [-0.2, -0.15) is 0 Å². The molecule has 2 heterocycles. The quantitative estimate of drug-likeness (QED) is 0.521. The van der Waals surface area contributed by atoms with Gasteiger partial charge in [0, 0.05) is 28.1 Å². The van der Waals surface area contributed by atoms with Gasteiger partial charge in [-0.15, -0.1) is 11.8 Å². The SMILES string of the molecule is CC1(C)[C@@H]2CC[C@@]1(C)C1=C2[C@@H]2c3ccccc3OC[C@H]2[C@H](c2ccccc2)S1. The van der Waals surface area contributed by atoms with Crippen molar-refractivity contribution in [3.63, 3.8) is 0 Å². The van der Waals surface area contributed by atoms with Crippen LogP contribution in [-0.4, -0.2) is 6.61 Å². The van der Waals surface area contributed by atoms with Crippen molar-refractivity contribution in [2.75, 3.05) is 6.61 Å². The molecule has 2 bridgehead atoms. The average Bonchev–Trinajstić information content (AvgIpc) is 3.06. The van der Waals surface area contributed by atoms with E-state index >= 15 is 0 Å². The second kappa shape index (κ2) is 5.69. The Kier molecular flexibility index (Phi) is 3.50. The Morgan fingerprint density at radius 2 is 1.71 bits per heavy atom. The smallest absolute Gasteiger partial charge is 0.123 e. The van der Waals surface area contributed by atoms with Crippen molar-refractivity contribution >= 4 is 11.8 Å². The highest BCUT2D eigenvalue weighted by atomic mass is 32.2. The molecule has 1 nitrogen and oxygen atoms in total. The third kappa shape index (κ3) is 2.00. The average molecular weight is 389 g/mol. The largest absolute Gasteiger partial charge is 0.493 e. The minimum absolute atomic E-state index is 0.322. The van der Waals surface area contributed by atoms with Crippen LogP contribution in [0.5, 0.6) is 5.75 Å². The van der Waals surface area contributed by atoms with E-state index in [2.05, 4.69) is 87.1 Å². The van der Waals surface area contributed by atoms with E-state index < -0.39 is 0 Å². The first kappa shape index (κ1) is 17.2. The molecule has 2 aliphatic heterocycles. The molecule has 1 saturated carbocycles. The van der Waals surface area contributed by atoms with Crippen molar-refractivity contribution in [1.29, 1.82) is 0 Å². The summed E-state index contributed by atoms with van der Waals surface area (Å²) in [6, 6.07) is 20.0. The Bertz CT molecular complexity index is 975. The molecule has 144 valence electrons. The van der Waals surface area contributed by atoms with Crippen LogP contribution in [0.2, 0.25) is 0 Å². The highest BCUT2D eigenvalue weighted by molar-refractivity contribution is 8.03. The van der Waals surface area contributed by atoms with Gasteiger partial charge in [0.25, 0.3) is 0 Å². The number of benzene rings is 2. The van der Waals surface area contributed by atoms with Gasteiger partial charge in [-0.25, -0.2) is 0 Å². The number of ether oxygens (including phenoxy) is 1. The second-order valence-corrected chi connectivity index (χ2v) is 11.0. The highest BCUT2D eigenvalue weighted by Gasteiger charge is 2.64. The van der Waals surface area contributed by atoms with Crippen LogP contribution in [0.1, 0.15) is 55.9 Å². The molecule has 2 heteroatoms.